The molecule has 2 N–H and O–H groups in total. The van der Waals surface area contributed by atoms with Crippen molar-refractivity contribution >= 4 is 17.6 Å². The van der Waals surface area contributed by atoms with Crippen molar-refractivity contribution in [2.45, 2.75) is 39.2 Å². The molecule has 5 heteroatoms. The SMILES string of the molecule is CCC(=O)Nc1cccc(CNC(=O)N2CCCc3ccccc3CC2)c1. The molecular weight excluding hydrogens is 338 g/mol. The minimum absolute atomic E-state index is 0.0166. The van der Waals surface area contributed by atoms with Gasteiger partial charge in [0, 0.05) is 31.7 Å². The second kappa shape index (κ2) is 9.21. The fourth-order valence-corrected chi connectivity index (χ4v) is 3.37. The number of fused-ring (bicyclic) bond motifs is 1. The van der Waals surface area contributed by atoms with Gasteiger partial charge < -0.3 is 15.5 Å². The number of nitrogens with zero attached hydrogens (tertiary/aromatic N) is 1. The number of urea groups is 1. The molecule has 0 unspecified atom stereocenters. The lowest BCUT2D eigenvalue weighted by molar-refractivity contribution is -0.115. The van der Waals surface area contributed by atoms with Gasteiger partial charge in [0.2, 0.25) is 5.91 Å². The molecule has 1 aliphatic heterocycles. The summed E-state index contributed by atoms with van der Waals surface area (Å²) >= 11 is 0. The van der Waals surface area contributed by atoms with Crippen LogP contribution < -0.4 is 10.6 Å². The molecule has 0 spiro atoms. The Hall–Kier alpha value is -2.82. The molecule has 0 bridgehead atoms. The molecule has 0 aliphatic carbocycles. The van der Waals surface area contributed by atoms with Crippen molar-refractivity contribution in [3.05, 3.63) is 65.2 Å². The summed E-state index contributed by atoms with van der Waals surface area (Å²) in [5, 5.41) is 5.86. The summed E-state index contributed by atoms with van der Waals surface area (Å²) in [6.07, 6.45) is 3.32. The smallest absolute Gasteiger partial charge is 0.317 e. The van der Waals surface area contributed by atoms with E-state index in [4.69, 9.17) is 0 Å². The Morgan fingerprint density at radius 3 is 2.56 bits per heavy atom. The van der Waals surface area contributed by atoms with Gasteiger partial charge >= 0.3 is 6.03 Å². The van der Waals surface area contributed by atoms with Crippen molar-refractivity contribution in [2.24, 2.45) is 0 Å². The lowest BCUT2D eigenvalue weighted by Crippen LogP contribution is -2.42. The van der Waals surface area contributed by atoms with Gasteiger partial charge in [-0.05, 0) is 48.1 Å². The minimum Gasteiger partial charge on any atom is -0.334 e. The van der Waals surface area contributed by atoms with Gasteiger partial charge in [0.1, 0.15) is 0 Å². The fraction of sp³-hybridized carbons (Fsp3) is 0.364. The standard InChI is InChI=1S/C22H27N3O2/c1-2-21(26)24-20-11-5-7-17(15-20)16-23-22(27)25-13-6-10-18-8-3-4-9-19(18)12-14-25/h3-5,7-9,11,15H,2,6,10,12-14,16H2,1H3,(H,23,27)(H,24,26). The Morgan fingerprint density at radius 1 is 1.00 bits per heavy atom. The van der Waals surface area contributed by atoms with Crippen LogP contribution in [0.5, 0.6) is 0 Å². The molecule has 27 heavy (non-hydrogen) atoms. The third-order valence-electron chi connectivity index (χ3n) is 4.91. The molecule has 1 heterocycles. The normalized spacial score (nSPS) is 13.9. The first-order chi connectivity index (χ1) is 13.2. The first-order valence-electron chi connectivity index (χ1n) is 9.64. The molecule has 0 aromatic heterocycles. The molecule has 3 rings (SSSR count). The number of amides is 3. The maximum Gasteiger partial charge on any atom is 0.317 e. The predicted molar refractivity (Wildman–Crippen MR) is 108 cm³/mol. The molecule has 1 aliphatic rings. The molecule has 0 atom stereocenters. The summed E-state index contributed by atoms with van der Waals surface area (Å²) in [6.45, 7) is 3.77. The van der Waals surface area contributed by atoms with E-state index < -0.39 is 0 Å². The number of rotatable bonds is 4. The van der Waals surface area contributed by atoms with Crippen molar-refractivity contribution in [3.8, 4) is 0 Å². The summed E-state index contributed by atoms with van der Waals surface area (Å²) in [6, 6.07) is 16.1. The highest BCUT2D eigenvalue weighted by Crippen LogP contribution is 2.16. The van der Waals surface area contributed by atoms with Crippen molar-refractivity contribution in [2.75, 3.05) is 18.4 Å². The monoisotopic (exact) mass is 365 g/mol. The summed E-state index contributed by atoms with van der Waals surface area (Å²) < 4.78 is 0. The zero-order chi connectivity index (χ0) is 19.1. The fourth-order valence-electron chi connectivity index (χ4n) is 3.37. The molecule has 142 valence electrons. The van der Waals surface area contributed by atoms with Gasteiger partial charge in [0.25, 0.3) is 0 Å². The maximum absolute atomic E-state index is 12.6. The lowest BCUT2D eigenvalue weighted by atomic mass is 9.98. The Bertz CT molecular complexity index is 804. The molecule has 0 saturated carbocycles. The van der Waals surface area contributed by atoms with E-state index in [0.29, 0.717) is 13.0 Å². The average molecular weight is 365 g/mol. The average Bonchev–Trinajstić information content (AvgIpc) is 2.67. The molecular formula is C22H27N3O2. The highest BCUT2D eigenvalue weighted by molar-refractivity contribution is 5.90. The van der Waals surface area contributed by atoms with Crippen LogP contribution in [0.15, 0.2) is 48.5 Å². The van der Waals surface area contributed by atoms with E-state index in [1.165, 1.54) is 11.1 Å². The van der Waals surface area contributed by atoms with Crippen LogP contribution >= 0.6 is 0 Å². The Morgan fingerprint density at radius 2 is 1.78 bits per heavy atom. The van der Waals surface area contributed by atoms with Gasteiger partial charge in [-0.3, -0.25) is 4.79 Å². The molecule has 3 amide bonds. The predicted octanol–water partition coefficient (Wildman–Crippen LogP) is 3.74. The summed E-state index contributed by atoms with van der Waals surface area (Å²) in [7, 11) is 0. The van der Waals surface area contributed by atoms with E-state index in [-0.39, 0.29) is 11.9 Å². The molecule has 0 radical (unpaired) electrons. The van der Waals surface area contributed by atoms with E-state index in [1.54, 1.807) is 0 Å². The van der Waals surface area contributed by atoms with Crippen LogP contribution in [0.1, 0.15) is 36.5 Å². The molecule has 5 nitrogen and oxygen atoms in total. The van der Waals surface area contributed by atoms with Crippen molar-refractivity contribution in [1.29, 1.82) is 0 Å². The van der Waals surface area contributed by atoms with E-state index >= 15 is 0 Å². The first kappa shape index (κ1) is 19.0. The van der Waals surface area contributed by atoms with Crippen LogP contribution in [0.3, 0.4) is 0 Å². The maximum atomic E-state index is 12.6. The zero-order valence-corrected chi connectivity index (χ0v) is 15.8. The van der Waals surface area contributed by atoms with Gasteiger partial charge in [-0.15, -0.1) is 0 Å². The number of aryl methyl sites for hydroxylation is 1. The van der Waals surface area contributed by atoms with E-state index in [0.717, 1.165) is 43.6 Å². The van der Waals surface area contributed by atoms with Gasteiger partial charge in [-0.25, -0.2) is 4.79 Å². The van der Waals surface area contributed by atoms with Crippen LogP contribution in [0.25, 0.3) is 0 Å². The molecule has 2 aromatic carbocycles. The second-order valence-corrected chi connectivity index (χ2v) is 6.87. The Labute approximate surface area is 160 Å². The van der Waals surface area contributed by atoms with Gasteiger partial charge in [-0.2, -0.15) is 0 Å². The summed E-state index contributed by atoms with van der Waals surface area (Å²) in [5.74, 6) is -0.0166. The molecule has 2 aromatic rings. The number of hydrogen-bond donors (Lipinski definition) is 2. The highest BCUT2D eigenvalue weighted by Gasteiger charge is 2.16. The summed E-state index contributed by atoms with van der Waals surface area (Å²) in [4.78, 5) is 26.0. The second-order valence-electron chi connectivity index (χ2n) is 6.87. The quantitative estimate of drug-likeness (QED) is 0.867. The van der Waals surface area contributed by atoms with Gasteiger partial charge in [0.15, 0.2) is 0 Å². The topological polar surface area (TPSA) is 61.4 Å². The number of carbonyl (C=O) groups excluding carboxylic acids is 2. The molecule has 0 fully saturated rings. The van der Waals surface area contributed by atoms with Crippen molar-refractivity contribution in [3.63, 3.8) is 0 Å². The Balaban J connectivity index is 1.55. The van der Waals surface area contributed by atoms with Crippen LogP contribution in [0.2, 0.25) is 0 Å². The zero-order valence-electron chi connectivity index (χ0n) is 15.8. The summed E-state index contributed by atoms with van der Waals surface area (Å²) in [5.41, 5.74) is 4.48. The van der Waals surface area contributed by atoms with Gasteiger partial charge in [0.05, 0.1) is 0 Å². The van der Waals surface area contributed by atoms with Crippen molar-refractivity contribution in [1.82, 2.24) is 10.2 Å². The van der Waals surface area contributed by atoms with Crippen LogP contribution in [0.4, 0.5) is 10.5 Å². The number of anilines is 1. The third kappa shape index (κ3) is 5.33. The number of nitrogens with one attached hydrogen (secondary N) is 2. The Kier molecular flexibility index (Phi) is 6.47. The number of benzene rings is 2. The van der Waals surface area contributed by atoms with E-state index in [2.05, 4.69) is 34.9 Å². The minimum atomic E-state index is -0.0302. The van der Waals surface area contributed by atoms with E-state index in [1.807, 2.05) is 36.1 Å². The lowest BCUT2D eigenvalue weighted by Gasteiger charge is -2.26. The van der Waals surface area contributed by atoms with Crippen LogP contribution in [-0.2, 0) is 24.2 Å². The number of hydrogen-bond acceptors (Lipinski definition) is 2. The van der Waals surface area contributed by atoms with E-state index in [9.17, 15) is 9.59 Å². The largest absolute Gasteiger partial charge is 0.334 e. The number of carbonyl (C=O) groups is 2. The third-order valence-corrected chi connectivity index (χ3v) is 4.91. The first-order valence-corrected chi connectivity index (χ1v) is 9.64. The highest BCUT2D eigenvalue weighted by atomic mass is 16.2. The molecule has 0 saturated heterocycles. The van der Waals surface area contributed by atoms with Crippen LogP contribution in [-0.4, -0.2) is 29.9 Å². The van der Waals surface area contributed by atoms with Crippen molar-refractivity contribution < 1.29 is 9.59 Å². The van der Waals surface area contributed by atoms with Gasteiger partial charge in [-0.1, -0.05) is 43.3 Å². The van der Waals surface area contributed by atoms with Crippen LogP contribution in [0, 0.1) is 0 Å².